The van der Waals surface area contributed by atoms with E-state index in [9.17, 15) is 48.5 Å². The van der Waals surface area contributed by atoms with Crippen molar-refractivity contribution in [3.8, 4) is 11.1 Å². The van der Waals surface area contributed by atoms with Gasteiger partial charge in [-0.15, -0.1) is 0 Å². The average molecular weight is 570 g/mol. The number of rotatable bonds is 4. The molecule has 0 radical (unpaired) electrons. The maximum Gasteiger partial charge on any atom is 0.298 e. The number of nitrogens with two attached hydrogens (primary N) is 3. The van der Waals surface area contributed by atoms with Gasteiger partial charge >= 0.3 is 0 Å². The van der Waals surface area contributed by atoms with Crippen LogP contribution >= 0.6 is 0 Å². The van der Waals surface area contributed by atoms with Crippen LogP contribution in [0.4, 0.5) is 17.1 Å². The molecule has 14 nitrogen and oxygen atoms in total. The van der Waals surface area contributed by atoms with Gasteiger partial charge in [-0.25, -0.2) is 0 Å². The fourth-order valence-electron chi connectivity index (χ4n) is 4.15. The van der Waals surface area contributed by atoms with Crippen molar-refractivity contribution in [1.82, 2.24) is 0 Å². The topological polar surface area (TPSA) is 275 Å². The number of hydrogen-bond donors (Lipinski definition) is 6. The Morgan fingerprint density at radius 1 is 0.595 bits per heavy atom. The second kappa shape index (κ2) is 8.07. The van der Waals surface area contributed by atoms with Crippen molar-refractivity contribution < 1.29 is 48.5 Å². The zero-order valence-electron chi connectivity index (χ0n) is 18.0. The van der Waals surface area contributed by atoms with Gasteiger partial charge in [0.2, 0.25) is 0 Å². The molecule has 9 N–H and O–H groups in total. The van der Waals surface area contributed by atoms with Crippen LogP contribution in [0.1, 0.15) is 31.8 Å². The first-order valence-corrected chi connectivity index (χ1v) is 14.0. The van der Waals surface area contributed by atoms with E-state index in [1.165, 1.54) is 0 Å². The van der Waals surface area contributed by atoms with Crippen LogP contribution in [0, 0.1) is 0 Å². The van der Waals surface area contributed by atoms with E-state index in [0.717, 1.165) is 30.3 Å². The summed E-state index contributed by atoms with van der Waals surface area (Å²) in [4.78, 5) is 24.1. The third-order valence-electron chi connectivity index (χ3n) is 5.60. The molecule has 1 aliphatic carbocycles. The number of carbonyl (C=O) groups is 2. The predicted octanol–water partition coefficient (Wildman–Crippen LogP) is 0.616. The van der Waals surface area contributed by atoms with Gasteiger partial charge in [0.25, 0.3) is 30.4 Å². The van der Waals surface area contributed by atoms with Gasteiger partial charge in [0.15, 0.2) is 11.6 Å². The molecule has 0 aromatic heterocycles. The monoisotopic (exact) mass is 569 g/mol. The van der Waals surface area contributed by atoms with Gasteiger partial charge in [-0.1, -0.05) is 18.2 Å². The Morgan fingerprint density at radius 2 is 1.16 bits per heavy atom. The van der Waals surface area contributed by atoms with E-state index in [0.29, 0.717) is 6.07 Å². The zero-order chi connectivity index (χ0) is 27.8. The summed E-state index contributed by atoms with van der Waals surface area (Å²) in [5.74, 6) is -2.41. The maximum absolute atomic E-state index is 13.7. The highest BCUT2D eigenvalue weighted by Gasteiger charge is 2.41. The minimum atomic E-state index is -5.27. The molecule has 0 saturated carbocycles. The number of hydrogen-bond acceptors (Lipinski definition) is 11. The molecule has 3 aromatic carbocycles. The summed E-state index contributed by atoms with van der Waals surface area (Å²) in [5.41, 5.74) is 11.3. The normalized spacial score (nSPS) is 13.8. The molecule has 0 atom stereocenters. The molecule has 0 fully saturated rings. The Labute approximate surface area is 208 Å². The molecule has 0 heterocycles. The van der Waals surface area contributed by atoms with E-state index < -0.39 is 101 Å². The third kappa shape index (κ3) is 4.02. The minimum Gasteiger partial charge on any atom is -0.398 e. The Hall–Kier alpha value is -3.87. The fourth-order valence-corrected chi connectivity index (χ4v) is 6.26. The van der Waals surface area contributed by atoms with Gasteiger partial charge in [0.1, 0.15) is 14.7 Å². The van der Waals surface area contributed by atoms with Gasteiger partial charge < -0.3 is 17.2 Å². The van der Waals surface area contributed by atoms with Crippen LogP contribution in [0.5, 0.6) is 0 Å². The van der Waals surface area contributed by atoms with Crippen LogP contribution in [-0.4, -0.2) is 50.5 Å². The summed E-state index contributed by atoms with van der Waals surface area (Å²) in [5, 5.41) is 0. The van der Waals surface area contributed by atoms with Gasteiger partial charge in [-0.2, -0.15) is 25.3 Å². The zero-order valence-corrected chi connectivity index (χ0v) is 20.5. The molecule has 0 saturated heterocycles. The average Bonchev–Trinajstić information content (AvgIpc) is 2.75. The molecule has 0 spiro atoms. The summed E-state index contributed by atoms with van der Waals surface area (Å²) < 4.78 is 101. The minimum absolute atomic E-state index is 0.380. The van der Waals surface area contributed by atoms with Crippen LogP contribution < -0.4 is 17.2 Å². The van der Waals surface area contributed by atoms with E-state index >= 15 is 0 Å². The van der Waals surface area contributed by atoms with E-state index in [4.69, 9.17) is 17.2 Å². The number of carbonyl (C=O) groups excluding carboxylic acids is 2. The van der Waals surface area contributed by atoms with E-state index in [1.807, 2.05) is 0 Å². The van der Waals surface area contributed by atoms with Crippen molar-refractivity contribution in [2.45, 2.75) is 14.7 Å². The Kier molecular flexibility index (Phi) is 5.71. The summed E-state index contributed by atoms with van der Waals surface area (Å²) in [6.07, 6.45) is 0. The molecular formula is C20H15N3O11S3. The van der Waals surface area contributed by atoms with Crippen LogP contribution in [0.3, 0.4) is 0 Å². The van der Waals surface area contributed by atoms with Gasteiger partial charge in [-0.3, -0.25) is 23.2 Å². The van der Waals surface area contributed by atoms with Crippen molar-refractivity contribution in [2.24, 2.45) is 0 Å². The Balaban J connectivity index is 2.27. The first-order chi connectivity index (χ1) is 16.9. The van der Waals surface area contributed by atoms with Gasteiger partial charge in [-0.05, 0) is 23.8 Å². The Morgan fingerprint density at radius 3 is 1.70 bits per heavy atom. The lowest BCUT2D eigenvalue weighted by atomic mass is 9.79. The summed E-state index contributed by atoms with van der Waals surface area (Å²) in [6, 6.07) is 5.62. The number of anilines is 3. The molecule has 37 heavy (non-hydrogen) atoms. The van der Waals surface area contributed by atoms with Gasteiger partial charge in [0, 0.05) is 16.7 Å². The first-order valence-electron chi connectivity index (χ1n) is 9.67. The van der Waals surface area contributed by atoms with Crippen LogP contribution in [0.2, 0.25) is 0 Å². The molecule has 0 bridgehead atoms. The fraction of sp³-hybridized carbons (Fsp3) is 0. The molecule has 0 unspecified atom stereocenters. The summed E-state index contributed by atoms with van der Waals surface area (Å²) >= 11 is 0. The molecular weight excluding hydrogens is 554 g/mol. The number of benzene rings is 3. The van der Waals surface area contributed by atoms with E-state index in [1.54, 1.807) is 0 Å². The number of ketones is 2. The smallest absolute Gasteiger partial charge is 0.298 e. The number of fused-ring (bicyclic) bond motifs is 2. The second-order valence-electron chi connectivity index (χ2n) is 7.80. The lowest BCUT2D eigenvalue weighted by Gasteiger charge is -2.26. The third-order valence-corrected chi connectivity index (χ3v) is 8.36. The highest BCUT2D eigenvalue weighted by atomic mass is 32.2. The predicted molar refractivity (Wildman–Crippen MR) is 128 cm³/mol. The Bertz CT molecular complexity index is 1910. The van der Waals surface area contributed by atoms with E-state index in [-0.39, 0.29) is 5.56 Å². The van der Waals surface area contributed by atoms with E-state index in [2.05, 4.69) is 0 Å². The molecule has 0 aliphatic heterocycles. The molecule has 3 aromatic rings. The van der Waals surface area contributed by atoms with Crippen molar-refractivity contribution in [3.05, 3.63) is 58.7 Å². The van der Waals surface area contributed by atoms with Crippen LogP contribution in [-0.2, 0) is 30.4 Å². The highest BCUT2D eigenvalue weighted by molar-refractivity contribution is 7.86. The van der Waals surface area contributed by atoms with Crippen molar-refractivity contribution in [1.29, 1.82) is 0 Å². The second-order valence-corrected chi connectivity index (χ2v) is 11.9. The summed E-state index contributed by atoms with van der Waals surface area (Å²) in [6.45, 7) is 0. The lowest BCUT2D eigenvalue weighted by molar-refractivity contribution is 0.0977. The largest absolute Gasteiger partial charge is 0.398 e. The molecule has 17 heteroatoms. The summed E-state index contributed by atoms with van der Waals surface area (Å²) in [7, 11) is -15.3. The van der Waals surface area contributed by atoms with Crippen molar-refractivity contribution in [3.63, 3.8) is 0 Å². The molecule has 194 valence electrons. The first kappa shape index (κ1) is 26.2. The quantitative estimate of drug-likeness (QED) is 0.145. The molecule has 0 amide bonds. The van der Waals surface area contributed by atoms with Crippen molar-refractivity contribution in [2.75, 3.05) is 17.2 Å². The standard InChI is InChI=1S/C20H15N3O11S3/c21-9-5-4-7(6-11(9)36(29,30)31)12-14-15(17(23)20(16(12)22)37(32,33)34)18(24)8-2-1-3-10(35(26,27)28)13(8)19(14)25/h1-6H,21-23H2,(H,26,27,28)(H,29,30,31)(H,32,33,34). The lowest BCUT2D eigenvalue weighted by Crippen LogP contribution is -2.27. The number of nitrogen functional groups attached to an aromatic ring is 3. The molecule has 1 aliphatic rings. The van der Waals surface area contributed by atoms with Gasteiger partial charge in [0.05, 0.1) is 28.2 Å². The van der Waals surface area contributed by atoms with Crippen molar-refractivity contribution >= 4 is 59.0 Å². The van der Waals surface area contributed by atoms with Crippen LogP contribution in [0.15, 0.2) is 51.1 Å². The molecule has 4 rings (SSSR count). The highest BCUT2D eigenvalue weighted by Crippen LogP contribution is 2.46. The van der Waals surface area contributed by atoms with Crippen LogP contribution in [0.25, 0.3) is 11.1 Å². The maximum atomic E-state index is 13.7. The SMILES string of the molecule is Nc1ccc(-c2c(N)c(S(=O)(=O)O)c(N)c3c2C(=O)c2c(cccc2S(=O)(=O)O)C3=O)cc1S(=O)(=O)O.